The molecule has 2 aromatic carbocycles. The van der Waals surface area contributed by atoms with Crippen molar-refractivity contribution in [3.63, 3.8) is 0 Å². The number of carbonyl (C=O) groups is 1. The van der Waals surface area contributed by atoms with Crippen LogP contribution in [-0.2, 0) is 26.0 Å². The highest BCUT2D eigenvalue weighted by atomic mass is 32.2. The number of esters is 1. The van der Waals surface area contributed by atoms with E-state index < -0.39 is 16.0 Å². The van der Waals surface area contributed by atoms with Gasteiger partial charge in [-0.2, -0.15) is 0 Å². The van der Waals surface area contributed by atoms with Crippen molar-refractivity contribution >= 4 is 16.0 Å². The molecular formula is C21H26N2O5S. The molecule has 1 N–H and O–H groups in total. The minimum atomic E-state index is -3.69. The van der Waals surface area contributed by atoms with Crippen LogP contribution >= 0.6 is 0 Å². The van der Waals surface area contributed by atoms with Gasteiger partial charge in [-0.25, -0.2) is 17.9 Å². The van der Waals surface area contributed by atoms with Crippen molar-refractivity contribution in [1.82, 2.24) is 9.62 Å². The summed E-state index contributed by atoms with van der Waals surface area (Å²) in [7, 11) is -3.69. The molecule has 1 fully saturated rings. The highest BCUT2D eigenvalue weighted by Gasteiger charge is 2.23. The van der Waals surface area contributed by atoms with E-state index >= 15 is 0 Å². The summed E-state index contributed by atoms with van der Waals surface area (Å²) < 4.78 is 38.4. The van der Waals surface area contributed by atoms with Crippen LogP contribution in [0.3, 0.4) is 0 Å². The average Bonchev–Trinajstić information content (AvgIpc) is 2.74. The van der Waals surface area contributed by atoms with Crippen LogP contribution in [-0.4, -0.2) is 58.2 Å². The van der Waals surface area contributed by atoms with Gasteiger partial charge in [0.2, 0.25) is 10.0 Å². The zero-order chi connectivity index (χ0) is 20.7. The molecule has 1 atom stereocenters. The number of hydrogen-bond donors (Lipinski definition) is 1. The Hall–Kier alpha value is -2.26. The third-order valence-electron chi connectivity index (χ3n) is 4.65. The molecule has 0 saturated carbocycles. The van der Waals surface area contributed by atoms with Crippen molar-refractivity contribution in [2.24, 2.45) is 0 Å². The molecule has 29 heavy (non-hydrogen) atoms. The monoisotopic (exact) mass is 418 g/mol. The second-order valence-electron chi connectivity index (χ2n) is 6.81. The van der Waals surface area contributed by atoms with Gasteiger partial charge >= 0.3 is 5.97 Å². The van der Waals surface area contributed by atoms with Crippen LogP contribution in [0.1, 0.15) is 22.8 Å². The lowest BCUT2D eigenvalue weighted by atomic mass is 10.2. The van der Waals surface area contributed by atoms with Crippen molar-refractivity contribution < 1.29 is 22.7 Å². The summed E-state index contributed by atoms with van der Waals surface area (Å²) in [6.07, 6.45) is -0.221. The molecule has 0 bridgehead atoms. The molecule has 156 valence electrons. The molecule has 0 aliphatic carbocycles. The van der Waals surface area contributed by atoms with Gasteiger partial charge in [0.05, 0.1) is 29.8 Å². The van der Waals surface area contributed by atoms with Crippen LogP contribution in [0.2, 0.25) is 0 Å². The number of rotatable bonds is 8. The van der Waals surface area contributed by atoms with E-state index in [1.165, 1.54) is 29.8 Å². The lowest BCUT2D eigenvalue weighted by molar-refractivity contribution is -0.0276. The first kappa shape index (κ1) is 21.4. The number of carbonyl (C=O) groups excluding carboxylic acids is 1. The molecule has 1 unspecified atom stereocenters. The SMILES string of the molecule is CCOC(=O)c1ccc(S(=O)(=O)NCC2CN(Cc3ccccc3)CCO2)cc1. The molecule has 1 aliphatic rings. The first-order chi connectivity index (χ1) is 14.0. The van der Waals surface area contributed by atoms with E-state index in [9.17, 15) is 13.2 Å². The Bertz CT molecular complexity index is 900. The minimum Gasteiger partial charge on any atom is -0.462 e. The summed E-state index contributed by atoms with van der Waals surface area (Å²) >= 11 is 0. The van der Waals surface area contributed by atoms with E-state index in [0.29, 0.717) is 18.7 Å². The van der Waals surface area contributed by atoms with Crippen LogP contribution in [0.4, 0.5) is 0 Å². The van der Waals surface area contributed by atoms with E-state index in [2.05, 4.69) is 21.8 Å². The quantitative estimate of drug-likeness (QED) is 0.661. The highest BCUT2D eigenvalue weighted by molar-refractivity contribution is 7.89. The fourth-order valence-corrected chi connectivity index (χ4v) is 4.23. The van der Waals surface area contributed by atoms with E-state index in [1.807, 2.05) is 18.2 Å². The second kappa shape index (κ2) is 9.98. The number of sulfonamides is 1. The number of ether oxygens (including phenoxy) is 2. The highest BCUT2D eigenvalue weighted by Crippen LogP contribution is 2.13. The first-order valence-electron chi connectivity index (χ1n) is 9.62. The van der Waals surface area contributed by atoms with Crippen LogP contribution in [0.15, 0.2) is 59.5 Å². The molecule has 3 rings (SSSR count). The fourth-order valence-electron chi connectivity index (χ4n) is 3.16. The Morgan fingerprint density at radius 3 is 2.59 bits per heavy atom. The molecular weight excluding hydrogens is 392 g/mol. The smallest absolute Gasteiger partial charge is 0.338 e. The molecule has 0 radical (unpaired) electrons. The standard InChI is InChI=1S/C21H26N2O5S/c1-2-27-21(24)18-8-10-20(11-9-18)29(25,26)22-14-19-16-23(12-13-28-19)15-17-6-4-3-5-7-17/h3-11,19,22H,2,12-16H2,1H3. The van der Waals surface area contributed by atoms with Gasteiger partial charge in [-0.3, -0.25) is 4.90 Å². The number of benzene rings is 2. The summed E-state index contributed by atoms with van der Waals surface area (Å²) in [6.45, 7) is 5.01. The maximum atomic E-state index is 12.6. The van der Waals surface area contributed by atoms with Crippen LogP contribution in [0.5, 0.6) is 0 Å². The predicted molar refractivity (Wildman–Crippen MR) is 109 cm³/mol. The van der Waals surface area contributed by atoms with Gasteiger partial charge in [-0.05, 0) is 36.8 Å². The summed E-state index contributed by atoms with van der Waals surface area (Å²) in [5, 5.41) is 0. The predicted octanol–water partition coefficient (Wildman–Crippen LogP) is 2.04. The number of nitrogens with zero attached hydrogens (tertiary/aromatic N) is 1. The topological polar surface area (TPSA) is 84.9 Å². The van der Waals surface area contributed by atoms with Crippen LogP contribution < -0.4 is 4.72 Å². The van der Waals surface area contributed by atoms with E-state index in [-0.39, 0.29) is 24.2 Å². The van der Waals surface area contributed by atoms with Gasteiger partial charge in [0.15, 0.2) is 0 Å². The van der Waals surface area contributed by atoms with Gasteiger partial charge < -0.3 is 9.47 Å². The average molecular weight is 419 g/mol. The lowest BCUT2D eigenvalue weighted by Crippen LogP contribution is -2.47. The molecule has 8 heteroatoms. The molecule has 1 aliphatic heterocycles. The number of morpholine rings is 1. The van der Waals surface area contributed by atoms with E-state index in [4.69, 9.17) is 9.47 Å². The Balaban J connectivity index is 1.54. The second-order valence-corrected chi connectivity index (χ2v) is 8.58. The van der Waals surface area contributed by atoms with Crippen molar-refractivity contribution in [1.29, 1.82) is 0 Å². The summed E-state index contributed by atoms with van der Waals surface area (Å²) in [6, 6.07) is 15.9. The summed E-state index contributed by atoms with van der Waals surface area (Å²) in [4.78, 5) is 14.0. The zero-order valence-electron chi connectivity index (χ0n) is 16.4. The maximum Gasteiger partial charge on any atom is 0.338 e. The Labute approximate surface area is 171 Å². The van der Waals surface area contributed by atoms with E-state index in [1.54, 1.807) is 6.92 Å². The molecule has 0 amide bonds. The Morgan fingerprint density at radius 1 is 1.17 bits per heavy atom. The van der Waals surface area contributed by atoms with Gasteiger partial charge in [0, 0.05) is 26.2 Å². The van der Waals surface area contributed by atoms with Gasteiger partial charge in [0.25, 0.3) is 0 Å². The minimum absolute atomic E-state index is 0.0995. The largest absolute Gasteiger partial charge is 0.462 e. The van der Waals surface area contributed by atoms with Gasteiger partial charge in [0.1, 0.15) is 0 Å². The third kappa shape index (κ3) is 6.11. The van der Waals surface area contributed by atoms with Crippen molar-refractivity contribution in [3.8, 4) is 0 Å². The molecule has 1 saturated heterocycles. The van der Waals surface area contributed by atoms with Crippen molar-refractivity contribution in [2.45, 2.75) is 24.5 Å². The fraction of sp³-hybridized carbons (Fsp3) is 0.381. The first-order valence-corrected chi connectivity index (χ1v) is 11.1. The van der Waals surface area contributed by atoms with Crippen LogP contribution in [0, 0.1) is 0 Å². The third-order valence-corrected chi connectivity index (χ3v) is 6.09. The molecule has 0 spiro atoms. The number of hydrogen-bond acceptors (Lipinski definition) is 6. The maximum absolute atomic E-state index is 12.6. The molecule has 7 nitrogen and oxygen atoms in total. The summed E-state index contributed by atoms with van der Waals surface area (Å²) in [5.74, 6) is -0.474. The van der Waals surface area contributed by atoms with Gasteiger partial charge in [-0.15, -0.1) is 0 Å². The zero-order valence-corrected chi connectivity index (χ0v) is 17.2. The summed E-state index contributed by atoms with van der Waals surface area (Å²) in [5.41, 5.74) is 1.54. The molecule has 1 heterocycles. The van der Waals surface area contributed by atoms with Crippen LogP contribution in [0.25, 0.3) is 0 Å². The van der Waals surface area contributed by atoms with Crippen molar-refractivity contribution in [3.05, 3.63) is 65.7 Å². The Morgan fingerprint density at radius 2 is 1.90 bits per heavy atom. The van der Waals surface area contributed by atoms with Crippen molar-refractivity contribution in [2.75, 3.05) is 32.8 Å². The number of nitrogens with one attached hydrogen (secondary N) is 1. The Kier molecular flexibility index (Phi) is 7.38. The van der Waals surface area contributed by atoms with E-state index in [0.717, 1.165) is 13.1 Å². The molecule has 2 aromatic rings. The normalized spacial score (nSPS) is 17.8. The van der Waals surface area contributed by atoms with Gasteiger partial charge in [-0.1, -0.05) is 30.3 Å². The molecule has 0 aromatic heterocycles. The lowest BCUT2D eigenvalue weighted by Gasteiger charge is -2.33.